The second-order valence-corrected chi connectivity index (χ2v) is 9.13. The van der Waals surface area contributed by atoms with Crippen LogP contribution in [-0.4, -0.2) is 50.4 Å². The lowest BCUT2D eigenvalue weighted by atomic mass is 9.95. The molecule has 5 nitrogen and oxygen atoms in total. The van der Waals surface area contributed by atoms with Crippen LogP contribution in [0.4, 0.5) is 0 Å². The number of nitrogens with zero attached hydrogens (tertiary/aromatic N) is 1. The zero-order valence-corrected chi connectivity index (χ0v) is 15.6. The lowest BCUT2D eigenvalue weighted by Crippen LogP contribution is -2.44. The summed E-state index contributed by atoms with van der Waals surface area (Å²) in [6.45, 7) is 2.53. The minimum Gasteiger partial charge on any atom is -0.491 e. The maximum Gasteiger partial charge on any atom is 0.175 e. The molecule has 0 radical (unpaired) electrons. The number of aliphatic hydroxyl groups is 1. The Bertz CT molecular complexity index is 902. The Hall–Kier alpha value is -1.89. The second kappa shape index (κ2) is 6.68. The molecule has 6 heteroatoms. The van der Waals surface area contributed by atoms with Crippen molar-refractivity contribution < 1.29 is 18.3 Å². The number of sulfone groups is 1. The fourth-order valence-corrected chi connectivity index (χ4v) is 4.46. The van der Waals surface area contributed by atoms with Crippen LogP contribution in [0.2, 0.25) is 0 Å². The van der Waals surface area contributed by atoms with Crippen molar-refractivity contribution in [3.8, 4) is 16.9 Å². The number of ether oxygens (including phenoxy) is 1. The Kier molecular flexibility index (Phi) is 4.50. The molecule has 138 valence electrons. The van der Waals surface area contributed by atoms with Crippen LogP contribution < -0.4 is 4.74 Å². The molecule has 0 bridgehead atoms. The van der Waals surface area contributed by atoms with Crippen molar-refractivity contribution in [3.63, 3.8) is 0 Å². The van der Waals surface area contributed by atoms with Crippen LogP contribution in [0.5, 0.6) is 5.75 Å². The summed E-state index contributed by atoms with van der Waals surface area (Å²) < 4.78 is 29.2. The van der Waals surface area contributed by atoms with E-state index >= 15 is 0 Å². The van der Waals surface area contributed by atoms with E-state index in [4.69, 9.17) is 4.74 Å². The first-order valence-electron chi connectivity index (χ1n) is 8.93. The van der Waals surface area contributed by atoms with Gasteiger partial charge in [0.15, 0.2) is 9.84 Å². The molecule has 2 aromatic rings. The second-order valence-electron chi connectivity index (χ2n) is 7.12. The zero-order valence-electron chi connectivity index (χ0n) is 14.8. The van der Waals surface area contributed by atoms with Crippen LogP contribution in [0.25, 0.3) is 11.1 Å². The number of fused-ring (bicyclic) bond motifs is 1. The van der Waals surface area contributed by atoms with Gasteiger partial charge in [-0.3, -0.25) is 4.90 Å². The average molecular weight is 373 g/mol. The number of hydrogen-bond acceptors (Lipinski definition) is 5. The number of aliphatic hydroxyl groups excluding tert-OH is 1. The Morgan fingerprint density at radius 1 is 1.04 bits per heavy atom. The van der Waals surface area contributed by atoms with E-state index in [-0.39, 0.29) is 6.04 Å². The van der Waals surface area contributed by atoms with Crippen LogP contribution in [-0.2, 0) is 9.84 Å². The van der Waals surface area contributed by atoms with Gasteiger partial charge in [0, 0.05) is 11.8 Å². The van der Waals surface area contributed by atoms with E-state index < -0.39 is 15.9 Å². The monoisotopic (exact) mass is 373 g/mol. The summed E-state index contributed by atoms with van der Waals surface area (Å²) in [6.07, 6.45) is 3.02. The van der Waals surface area contributed by atoms with Gasteiger partial charge in [0.2, 0.25) is 0 Å². The fourth-order valence-electron chi connectivity index (χ4n) is 3.83. The molecule has 0 spiro atoms. The maximum absolute atomic E-state index is 11.6. The molecule has 0 aliphatic carbocycles. The van der Waals surface area contributed by atoms with E-state index in [0.29, 0.717) is 17.3 Å². The highest BCUT2D eigenvalue weighted by atomic mass is 32.2. The highest BCUT2D eigenvalue weighted by molar-refractivity contribution is 7.90. The molecule has 2 aliphatic heterocycles. The quantitative estimate of drug-likeness (QED) is 0.896. The SMILES string of the molecule is CS(=O)(=O)c1ccc(-c2ccc3c(c2)OCC(N2CCCC2)C3O)cc1. The first-order valence-corrected chi connectivity index (χ1v) is 10.8. The number of benzene rings is 2. The van der Waals surface area contributed by atoms with Gasteiger partial charge >= 0.3 is 0 Å². The van der Waals surface area contributed by atoms with E-state index in [1.165, 1.54) is 19.1 Å². The van der Waals surface area contributed by atoms with E-state index in [2.05, 4.69) is 4.90 Å². The van der Waals surface area contributed by atoms with E-state index in [0.717, 1.165) is 29.8 Å². The Morgan fingerprint density at radius 2 is 1.69 bits per heavy atom. The molecule has 0 aromatic heterocycles. The minimum atomic E-state index is -3.20. The zero-order chi connectivity index (χ0) is 18.3. The van der Waals surface area contributed by atoms with Crippen molar-refractivity contribution >= 4 is 9.84 Å². The molecule has 0 amide bonds. The summed E-state index contributed by atoms with van der Waals surface area (Å²) >= 11 is 0. The average Bonchev–Trinajstić information content (AvgIpc) is 3.15. The first-order chi connectivity index (χ1) is 12.4. The normalized spacial score (nSPS) is 23.5. The van der Waals surface area contributed by atoms with Gasteiger partial charge in [-0.25, -0.2) is 8.42 Å². The summed E-state index contributed by atoms with van der Waals surface area (Å²) in [5, 5.41) is 10.8. The number of likely N-dealkylation sites (tertiary alicyclic amines) is 1. The molecule has 1 saturated heterocycles. The van der Waals surface area contributed by atoms with Gasteiger partial charge in [-0.05, 0) is 55.3 Å². The van der Waals surface area contributed by atoms with Gasteiger partial charge in [0.05, 0.1) is 10.9 Å². The molecule has 2 unspecified atom stereocenters. The van der Waals surface area contributed by atoms with Gasteiger partial charge < -0.3 is 9.84 Å². The van der Waals surface area contributed by atoms with Gasteiger partial charge in [-0.15, -0.1) is 0 Å². The molecular formula is C20H23NO4S. The molecule has 0 saturated carbocycles. The molecule has 1 N–H and O–H groups in total. The molecule has 2 aromatic carbocycles. The van der Waals surface area contributed by atoms with Crippen molar-refractivity contribution in [2.24, 2.45) is 0 Å². The summed E-state index contributed by atoms with van der Waals surface area (Å²) in [5.41, 5.74) is 2.68. The third-order valence-electron chi connectivity index (χ3n) is 5.33. The molecule has 2 heterocycles. The maximum atomic E-state index is 11.6. The van der Waals surface area contributed by atoms with Crippen molar-refractivity contribution in [3.05, 3.63) is 48.0 Å². The summed E-state index contributed by atoms with van der Waals surface area (Å²) in [5.74, 6) is 0.706. The molecule has 4 rings (SSSR count). The van der Waals surface area contributed by atoms with Gasteiger partial charge in [-0.1, -0.05) is 24.3 Å². The Balaban J connectivity index is 1.60. The fraction of sp³-hybridized carbons (Fsp3) is 0.400. The summed E-state index contributed by atoms with van der Waals surface area (Å²) in [4.78, 5) is 2.62. The Labute approximate surface area is 154 Å². The van der Waals surface area contributed by atoms with E-state index in [1.807, 2.05) is 18.2 Å². The van der Waals surface area contributed by atoms with Gasteiger partial charge in [0.25, 0.3) is 0 Å². The molecule has 2 atom stereocenters. The predicted octanol–water partition coefficient (Wildman–Crippen LogP) is 2.65. The topological polar surface area (TPSA) is 66.8 Å². The van der Waals surface area contributed by atoms with Crippen LogP contribution in [0.1, 0.15) is 24.5 Å². The predicted molar refractivity (Wildman–Crippen MR) is 100 cm³/mol. The number of hydrogen-bond donors (Lipinski definition) is 1. The summed E-state index contributed by atoms with van der Waals surface area (Å²) in [7, 11) is -3.20. The van der Waals surface area contributed by atoms with Crippen LogP contribution in [0, 0.1) is 0 Å². The minimum absolute atomic E-state index is 0.0184. The van der Waals surface area contributed by atoms with Crippen LogP contribution in [0.15, 0.2) is 47.4 Å². The smallest absolute Gasteiger partial charge is 0.175 e. The van der Waals surface area contributed by atoms with Crippen molar-refractivity contribution in [2.45, 2.75) is 29.9 Å². The molecular weight excluding hydrogens is 350 g/mol. The highest BCUT2D eigenvalue weighted by Gasteiger charge is 2.34. The third kappa shape index (κ3) is 3.24. The number of rotatable bonds is 3. The summed E-state index contributed by atoms with van der Waals surface area (Å²) in [6, 6.07) is 12.6. The lowest BCUT2D eigenvalue weighted by molar-refractivity contribution is 0.0140. The molecule has 26 heavy (non-hydrogen) atoms. The van der Waals surface area contributed by atoms with E-state index in [1.54, 1.807) is 24.3 Å². The van der Waals surface area contributed by atoms with Crippen LogP contribution >= 0.6 is 0 Å². The molecule has 2 aliphatic rings. The van der Waals surface area contributed by atoms with Crippen molar-refractivity contribution in [1.82, 2.24) is 4.90 Å². The standard InChI is InChI=1S/C20H23NO4S/c1-26(23,24)16-7-4-14(5-8-16)15-6-9-17-19(12-15)25-13-18(20(17)22)21-10-2-3-11-21/h4-9,12,18,20,22H,2-3,10-11,13H2,1H3. The van der Waals surface area contributed by atoms with E-state index in [9.17, 15) is 13.5 Å². The highest BCUT2D eigenvalue weighted by Crippen LogP contribution is 2.38. The van der Waals surface area contributed by atoms with Crippen molar-refractivity contribution in [2.75, 3.05) is 26.0 Å². The van der Waals surface area contributed by atoms with Crippen LogP contribution in [0.3, 0.4) is 0 Å². The van der Waals surface area contributed by atoms with Gasteiger partial charge in [0.1, 0.15) is 18.5 Å². The molecule has 1 fully saturated rings. The van der Waals surface area contributed by atoms with Crippen molar-refractivity contribution in [1.29, 1.82) is 0 Å². The first kappa shape index (κ1) is 17.5. The third-order valence-corrected chi connectivity index (χ3v) is 6.46. The Morgan fingerprint density at radius 3 is 2.35 bits per heavy atom. The lowest BCUT2D eigenvalue weighted by Gasteiger charge is -2.36. The van der Waals surface area contributed by atoms with Gasteiger partial charge in [-0.2, -0.15) is 0 Å². The largest absolute Gasteiger partial charge is 0.491 e.